The molecule has 0 unspecified atom stereocenters. The van der Waals surface area contributed by atoms with Gasteiger partial charge in [-0.25, -0.2) is 4.79 Å². The van der Waals surface area contributed by atoms with Crippen LogP contribution >= 0.6 is 0 Å². The van der Waals surface area contributed by atoms with E-state index < -0.39 is 5.69 Å². The summed E-state index contributed by atoms with van der Waals surface area (Å²) in [5, 5.41) is 0. The van der Waals surface area contributed by atoms with Gasteiger partial charge in [0.05, 0.1) is 12.5 Å². The Morgan fingerprint density at radius 1 is 1.23 bits per heavy atom. The number of hydrogen-bond donors (Lipinski definition) is 0. The first kappa shape index (κ1) is 18.2. The summed E-state index contributed by atoms with van der Waals surface area (Å²) in [5.41, 5.74) is 0.0130. The average Bonchev–Trinajstić information content (AvgIpc) is 3.04. The van der Waals surface area contributed by atoms with Gasteiger partial charge >= 0.3 is 11.7 Å². The van der Waals surface area contributed by atoms with Crippen molar-refractivity contribution in [2.24, 2.45) is 20.0 Å². The van der Waals surface area contributed by atoms with Crippen LogP contribution in [0, 0.1) is 5.92 Å². The van der Waals surface area contributed by atoms with Crippen LogP contribution in [-0.4, -0.2) is 44.4 Å². The van der Waals surface area contributed by atoms with Gasteiger partial charge in [-0.05, 0) is 26.7 Å². The standard InChI is InChI=1S/C17H25N5O4/c1-5-22-12-13(19(3)17(25)20(4)14(12)23)18-16(22)21-9-7-8-11(10-21)15(24)26-6-2/h11H,5-10H2,1-4H3/t11-/m1/s1. The fourth-order valence-electron chi connectivity index (χ4n) is 3.59. The van der Waals surface area contributed by atoms with Crippen molar-refractivity contribution in [2.75, 3.05) is 24.6 Å². The lowest BCUT2D eigenvalue weighted by Gasteiger charge is -2.32. The SMILES string of the molecule is CCOC(=O)[C@@H]1CCCN(c2nc3c(c(=O)n(C)c(=O)n3C)n2CC)C1. The van der Waals surface area contributed by atoms with Gasteiger partial charge in [-0.2, -0.15) is 4.98 Å². The smallest absolute Gasteiger partial charge is 0.332 e. The highest BCUT2D eigenvalue weighted by molar-refractivity contribution is 5.76. The van der Waals surface area contributed by atoms with E-state index in [2.05, 4.69) is 4.98 Å². The number of hydrogen-bond acceptors (Lipinski definition) is 6. The number of esters is 1. The van der Waals surface area contributed by atoms with Crippen molar-refractivity contribution in [3.63, 3.8) is 0 Å². The van der Waals surface area contributed by atoms with Crippen molar-refractivity contribution >= 4 is 23.1 Å². The molecule has 142 valence electrons. The molecule has 1 aliphatic rings. The second kappa shape index (κ2) is 6.97. The predicted octanol–water partition coefficient (Wildman–Crippen LogP) is 0.233. The van der Waals surface area contributed by atoms with E-state index in [0.29, 0.717) is 36.8 Å². The third-order valence-electron chi connectivity index (χ3n) is 4.97. The fraction of sp³-hybridized carbons (Fsp3) is 0.647. The Kier molecular flexibility index (Phi) is 4.88. The third-order valence-corrected chi connectivity index (χ3v) is 4.97. The number of aryl methyl sites for hydroxylation is 2. The Morgan fingerprint density at radius 2 is 1.96 bits per heavy atom. The van der Waals surface area contributed by atoms with Gasteiger partial charge in [0, 0.05) is 33.7 Å². The van der Waals surface area contributed by atoms with Crippen molar-refractivity contribution in [3.05, 3.63) is 20.8 Å². The van der Waals surface area contributed by atoms with Crippen LogP contribution in [-0.2, 0) is 30.2 Å². The van der Waals surface area contributed by atoms with Crippen molar-refractivity contribution < 1.29 is 9.53 Å². The number of nitrogens with zero attached hydrogens (tertiary/aromatic N) is 5. The van der Waals surface area contributed by atoms with E-state index >= 15 is 0 Å². The lowest BCUT2D eigenvalue weighted by molar-refractivity contribution is -0.148. The molecule has 1 saturated heterocycles. The number of rotatable bonds is 4. The Morgan fingerprint density at radius 3 is 2.62 bits per heavy atom. The molecular weight excluding hydrogens is 338 g/mol. The molecule has 0 spiro atoms. The minimum atomic E-state index is -0.405. The van der Waals surface area contributed by atoms with E-state index in [4.69, 9.17) is 4.74 Å². The highest BCUT2D eigenvalue weighted by Gasteiger charge is 2.30. The fourth-order valence-corrected chi connectivity index (χ4v) is 3.59. The molecule has 1 atom stereocenters. The molecule has 0 amide bonds. The number of ether oxygens (including phenoxy) is 1. The number of piperidine rings is 1. The molecular formula is C17H25N5O4. The lowest BCUT2D eigenvalue weighted by Crippen LogP contribution is -2.41. The zero-order valence-corrected chi connectivity index (χ0v) is 15.7. The van der Waals surface area contributed by atoms with Crippen molar-refractivity contribution in [1.82, 2.24) is 18.7 Å². The molecule has 3 rings (SSSR count). The van der Waals surface area contributed by atoms with Crippen LogP contribution in [0.1, 0.15) is 26.7 Å². The number of carbonyl (C=O) groups excluding carboxylic acids is 1. The minimum absolute atomic E-state index is 0.195. The van der Waals surface area contributed by atoms with E-state index in [1.807, 2.05) is 16.4 Å². The van der Waals surface area contributed by atoms with Crippen molar-refractivity contribution in [1.29, 1.82) is 0 Å². The molecule has 0 radical (unpaired) electrons. The molecule has 9 nitrogen and oxygen atoms in total. The Bertz CT molecular complexity index is 955. The van der Waals surface area contributed by atoms with Crippen LogP contribution in [0.15, 0.2) is 9.59 Å². The van der Waals surface area contributed by atoms with Crippen molar-refractivity contribution in [3.8, 4) is 0 Å². The molecule has 0 bridgehead atoms. The van der Waals surface area contributed by atoms with Gasteiger partial charge in [-0.15, -0.1) is 0 Å². The molecule has 2 aromatic heterocycles. The summed E-state index contributed by atoms with van der Waals surface area (Å²) in [6.07, 6.45) is 1.62. The van der Waals surface area contributed by atoms with Crippen LogP contribution in [0.2, 0.25) is 0 Å². The van der Waals surface area contributed by atoms with E-state index in [0.717, 1.165) is 24.0 Å². The Hall–Kier alpha value is -2.58. The zero-order valence-electron chi connectivity index (χ0n) is 15.7. The maximum absolute atomic E-state index is 12.6. The molecule has 0 N–H and O–H groups in total. The van der Waals surface area contributed by atoms with Gasteiger partial charge in [0.2, 0.25) is 5.95 Å². The largest absolute Gasteiger partial charge is 0.466 e. The summed E-state index contributed by atoms with van der Waals surface area (Å²) >= 11 is 0. The summed E-state index contributed by atoms with van der Waals surface area (Å²) in [6, 6.07) is 0. The number of aromatic nitrogens is 4. The van der Waals surface area contributed by atoms with Gasteiger partial charge in [-0.3, -0.25) is 18.7 Å². The first-order chi connectivity index (χ1) is 12.4. The van der Waals surface area contributed by atoms with Crippen LogP contribution in [0.3, 0.4) is 0 Å². The zero-order chi connectivity index (χ0) is 19.0. The maximum Gasteiger partial charge on any atom is 0.332 e. The van der Waals surface area contributed by atoms with Crippen LogP contribution in [0.5, 0.6) is 0 Å². The molecule has 0 aromatic carbocycles. The first-order valence-corrected chi connectivity index (χ1v) is 8.98. The number of imidazole rings is 1. The van der Waals surface area contributed by atoms with Gasteiger partial charge in [0.1, 0.15) is 0 Å². The number of anilines is 1. The maximum atomic E-state index is 12.6. The summed E-state index contributed by atoms with van der Waals surface area (Å²) in [5.74, 6) is 0.218. The predicted molar refractivity (Wildman–Crippen MR) is 97.5 cm³/mol. The summed E-state index contributed by atoms with van der Waals surface area (Å²) < 4.78 is 9.47. The second-order valence-corrected chi connectivity index (χ2v) is 6.57. The summed E-state index contributed by atoms with van der Waals surface area (Å²) in [4.78, 5) is 43.6. The Balaban J connectivity index is 2.09. The number of fused-ring (bicyclic) bond motifs is 1. The average molecular weight is 363 g/mol. The molecule has 3 heterocycles. The van der Waals surface area contributed by atoms with Crippen LogP contribution < -0.4 is 16.1 Å². The van der Waals surface area contributed by atoms with E-state index in [1.165, 1.54) is 11.6 Å². The van der Waals surface area contributed by atoms with Crippen LogP contribution in [0.4, 0.5) is 5.95 Å². The normalized spacial score (nSPS) is 17.7. The minimum Gasteiger partial charge on any atom is -0.466 e. The molecule has 1 aliphatic heterocycles. The summed E-state index contributed by atoms with van der Waals surface area (Å²) in [7, 11) is 3.08. The van der Waals surface area contributed by atoms with Gasteiger partial charge in [0.25, 0.3) is 5.56 Å². The quantitative estimate of drug-likeness (QED) is 0.723. The summed E-state index contributed by atoms with van der Waals surface area (Å²) in [6.45, 7) is 5.87. The van der Waals surface area contributed by atoms with E-state index in [1.54, 1.807) is 14.0 Å². The molecule has 9 heteroatoms. The topological polar surface area (TPSA) is 91.4 Å². The monoisotopic (exact) mass is 363 g/mol. The molecule has 0 aliphatic carbocycles. The molecule has 26 heavy (non-hydrogen) atoms. The third kappa shape index (κ3) is 2.81. The van der Waals surface area contributed by atoms with E-state index in [-0.39, 0.29) is 17.4 Å². The van der Waals surface area contributed by atoms with E-state index in [9.17, 15) is 14.4 Å². The molecule has 2 aromatic rings. The number of carbonyl (C=O) groups is 1. The highest BCUT2D eigenvalue weighted by Crippen LogP contribution is 2.25. The van der Waals surface area contributed by atoms with Crippen molar-refractivity contribution in [2.45, 2.75) is 33.2 Å². The molecule has 1 fully saturated rings. The van der Waals surface area contributed by atoms with Gasteiger partial charge in [-0.1, -0.05) is 0 Å². The highest BCUT2D eigenvalue weighted by atomic mass is 16.5. The van der Waals surface area contributed by atoms with Gasteiger partial charge in [0.15, 0.2) is 11.2 Å². The second-order valence-electron chi connectivity index (χ2n) is 6.57. The first-order valence-electron chi connectivity index (χ1n) is 8.98. The Labute approximate surface area is 150 Å². The molecule has 0 saturated carbocycles. The van der Waals surface area contributed by atoms with Gasteiger partial charge < -0.3 is 14.2 Å². The lowest BCUT2D eigenvalue weighted by atomic mass is 9.98. The van der Waals surface area contributed by atoms with Crippen LogP contribution in [0.25, 0.3) is 11.2 Å².